The fourth-order valence-electron chi connectivity index (χ4n) is 3.13. The molecular formula is C18H21F2N5O2. The van der Waals surface area contributed by atoms with Crippen molar-refractivity contribution in [2.24, 2.45) is 7.05 Å². The molecule has 1 fully saturated rings. The van der Waals surface area contributed by atoms with Gasteiger partial charge < -0.3 is 20.1 Å². The number of amides is 2. The van der Waals surface area contributed by atoms with Gasteiger partial charge in [0.2, 0.25) is 0 Å². The van der Waals surface area contributed by atoms with Crippen LogP contribution in [-0.2, 0) is 7.05 Å². The van der Waals surface area contributed by atoms with Crippen LogP contribution in [0.25, 0.3) is 0 Å². The minimum Gasteiger partial charge on any atom is -0.350 e. The number of alkyl halides is 2. The van der Waals surface area contributed by atoms with Gasteiger partial charge in [-0.25, -0.2) is 18.6 Å². The molecule has 0 spiro atoms. The normalized spacial score (nSPS) is 17.0. The van der Waals surface area contributed by atoms with E-state index >= 15 is 0 Å². The molecule has 7 nitrogen and oxygen atoms in total. The summed E-state index contributed by atoms with van der Waals surface area (Å²) in [7, 11) is 1.65. The molecule has 2 amide bonds. The molecule has 3 rings (SSSR count). The molecule has 0 saturated carbocycles. The van der Waals surface area contributed by atoms with Gasteiger partial charge in [0, 0.05) is 44.1 Å². The second-order valence-corrected chi connectivity index (χ2v) is 6.44. The van der Waals surface area contributed by atoms with Crippen LogP contribution in [0.3, 0.4) is 0 Å². The van der Waals surface area contributed by atoms with Gasteiger partial charge in [0.05, 0.1) is 5.69 Å². The molecule has 1 aromatic carbocycles. The van der Waals surface area contributed by atoms with E-state index in [1.165, 1.54) is 22.8 Å². The molecule has 144 valence electrons. The quantitative estimate of drug-likeness (QED) is 0.858. The summed E-state index contributed by atoms with van der Waals surface area (Å²) in [5.41, 5.74) is -0.348. The van der Waals surface area contributed by atoms with E-state index in [-0.39, 0.29) is 22.9 Å². The number of rotatable bonds is 4. The summed E-state index contributed by atoms with van der Waals surface area (Å²) in [5, 5.41) is 5.28. The molecule has 2 heterocycles. The van der Waals surface area contributed by atoms with Crippen molar-refractivity contribution < 1.29 is 13.6 Å². The summed E-state index contributed by atoms with van der Waals surface area (Å²) in [6, 6.07) is 5.02. The highest BCUT2D eigenvalue weighted by Gasteiger charge is 2.24. The number of anilines is 2. The molecule has 1 unspecified atom stereocenters. The van der Waals surface area contributed by atoms with Crippen molar-refractivity contribution in [1.82, 2.24) is 14.9 Å². The Morgan fingerprint density at radius 2 is 2.11 bits per heavy atom. The summed E-state index contributed by atoms with van der Waals surface area (Å²) in [6.45, 7) is 1.09. The number of nitrogens with one attached hydrogen (secondary N) is 2. The van der Waals surface area contributed by atoms with Crippen LogP contribution < -0.4 is 21.1 Å². The lowest BCUT2D eigenvalue weighted by Gasteiger charge is -2.33. The first-order valence-electron chi connectivity index (χ1n) is 8.67. The zero-order chi connectivity index (χ0) is 19.4. The number of aromatic nitrogens is 2. The molecule has 1 aliphatic rings. The molecule has 2 N–H and O–H groups in total. The predicted molar refractivity (Wildman–Crippen MR) is 98.3 cm³/mol. The summed E-state index contributed by atoms with van der Waals surface area (Å²) in [4.78, 5) is 30.5. The second-order valence-electron chi connectivity index (χ2n) is 6.44. The second kappa shape index (κ2) is 8.15. The van der Waals surface area contributed by atoms with Crippen molar-refractivity contribution in [3.05, 3.63) is 52.6 Å². The lowest BCUT2D eigenvalue weighted by molar-refractivity contribution is 0.152. The van der Waals surface area contributed by atoms with E-state index in [1.807, 2.05) is 4.90 Å². The number of nitrogens with zero attached hydrogens (tertiary/aromatic N) is 3. The molecule has 1 aromatic heterocycles. The minimum absolute atomic E-state index is 0.0799. The lowest BCUT2D eigenvalue weighted by atomic mass is 10.1. The Hall–Kier alpha value is -2.97. The van der Waals surface area contributed by atoms with Crippen molar-refractivity contribution >= 4 is 17.5 Å². The number of halogens is 2. The third kappa shape index (κ3) is 4.42. The molecule has 9 heteroatoms. The van der Waals surface area contributed by atoms with E-state index < -0.39 is 12.5 Å². The number of benzene rings is 1. The summed E-state index contributed by atoms with van der Waals surface area (Å²) >= 11 is 0. The molecule has 1 aliphatic heterocycles. The van der Waals surface area contributed by atoms with Gasteiger partial charge in [-0.15, -0.1) is 0 Å². The van der Waals surface area contributed by atoms with Gasteiger partial charge in [-0.3, -0.25) is 4.79 Å². The number of aryl methyl sites for hydroxylation is 1. The topological polar surface area (TPSA) is 79.3 Å². The van der Waals surface area contributed by atoms with Crippen LogP contribution in [0.5, 0.6) is 0 Å². The molecule has 2 aromatic rings. The Morgan fingerprint density at radius 1 is 1.33 bits per heavy atom. The van der Waals surface area contributed by atoms with Crippen molar-refractivity contribution in [2.45, 2.75) is 25.3 Å². The Morgan fingerprint density at radius 3 is 2.89 bits per heavy atom. The highest BCUT2D eigenvalue weighted by Crippen LogP contribution is 2.26. The van der Waals surface area contributed by atoms with E-state index in [0.717, 1.165) is 12.8 Å². The van der Waals surface area contributed by atoms with Crippen LogP contribution in [0.15, 0.2) is 41.5 Å². The molecule has 1 saturated heterocycles. The number of carbonyl (C=O) groups is 1. The van der Waals surface area contributed by atoms with E-state index in [4.69, 9.17) is 0 Å². The van der Waals surface area contributed by atoms with Crippen molar-refractivity contribution in [2.75, 3.05) is 23.3 Å². The molecule has 0 aliphatic carbocycles. The average Bonchev–Trinajstić information content (AvgIpc) is 2.64. The molecule has 0 bridgehead atoms. The van der Waals surface area contributed by atoms with E-state index in [1.54, 1.807) is 25.5 Å². The highest BCUT2D eigenvalue weighted by molar-refractivity contribution is 5.90. The molecule has 0 radical (unpaired) electrons. The first kappa shape index (κ1) is 18.8. The van der Waals surface area contributed by atoms with Gasteiger partial charge in [0.15, 0.2) is 5.82 Å². The third-order valence-corrected chi connectivity index (χ3v) is 4.50. The van der Waals surface area contributed by atoms with Gasteiger partial charge in [-0.05, 0) is 18.9 Å². The Kier molecular flexibility index (Phi) is 5.68. The highest BCUT2D eigenvalue weighted by atomic mass is 19.3. The summed E-state index contributed by atoms with van der Waals surface area (Å²) in [6.07, 6.45) is 1.97. The Labute approximate surface area is 155 Å². The maximum atomic E-state index is 13.0. The SMILES string of the molecule is Cn1ccnc(N2CCCC(NC(=O)Nc3ccccc3C(F)F)C2)c1=O. The van der Waals surface area contributed by atoms with E-state index in [0.29, 0.717) is 18.9 Å². The Balaban J connectivity index is 1.65. The molecule has 27 heavy (non-hydrogen) atoms. The van der Waals surface area contributed by atoms with Crippen LogP contribution in [-0.4, -0.2) is 34.7 Å². The maximum absolute atomic E-state index is 13.0. The van der Waals surface area contributed by atoms with Crippen LogP contribution in [0.2, 0.25) is 0 Å². The van der Waals surface area contributed by atoms with Crippen molar-refractivity contribution in [3.63, 3.8) is 0 Å². The first-order valence-corrected chi connectivity index (χ1v) is 8.67. The maximum Gasteiger partial charge on any atom is 0.319 e. The first-order chi connectivity index (χ1) is 13.0. The van der Waals surface area contributed by atoms with Crippen molar-refractivity contribution in [1.29, 1.82) is 0 Å². The van der Waals surface area contributed by atoms with Crippen LogP contribution in [0.1, 0.15) is 24.8 Å². The van der Waals surface area contributed by atoms with Crippen LogP contribution in [0, 0.1) is 0 Å². The fourth-order valence-corrected chi connectivity index (χ4v) is 3.13. The van der Waals surface area contributed by atoms with Crippen molar-refractivity contribution in [3.8, 4) is 0 Å². The van der Waals surface area contributed by atoms with Crippen LogP contribution in [0.4, 0.5) is 25.1 Å². The Bertz CT molecular complexity index is 871. The van der Waals surface area contributed by atoms with E-state index in [9.17, 15) is 18.4 Å². The van der Waals surface area contributed by atoms with Gasteiger partial charge in [-0.1, -0.05) is 18.2 Å². The van der Waals surface area contributed by atoms with Gasteiger partial charge in [-0.2, -0.15) is 0 Å². The average molecular weight is 377 g/mol. The predicted octanol–water partition coefficient (Wildman–Crippen LogP) is 2.51. The monoisotopic (exact) mass is 377 g/mol. The number of carbonyl (C=O) groups excluding carboxylic acids is 1. The fraction of sp³-hybridized carbons (Fsp3) is 0.389. The lowest BCUT2D eigenvalue weighted by Crippen LogP contribution is -2.50. The number of urea groups is 1. The minimum atomic E-state index is -2.67. The largest absolute Gasteiger partial charge is 0.350 e. The van der Waals surface area contributed by atoms with Crippen LogP contribution >= 0.6 is 0 Å². The zero-order valence-electron chi connectivity index (χ0n) is 14.9. The van der Waals surface area contributed by atoms with Gasteiger partial charge >= 0.3 is 6.03 Å². The molecule has 1 atom stereocenters. The van der Waals surface area contributed by atoms with Gasteiger partial charge in [0.25, 0.3) is 12.0 Å². The van der Waals surface area contributed by atoms with Gasteiger partial charge in [0.1, 0.15) is 0 Å². The number of para-hydroxylation sites is 1. The number of hydrogen-bond donors (Lipinski definition) is 2. The van der Waals surface area contributed by atoms with E-state index in [2.05, 4.69) is 15.6 Å². The number of hydrogen-bond acceptors (Lipinski definition) is 4. The summed E-state index contributed by atoms with van der Waals surface area (Å²) < 4.78 is 27.5. The molecular weight excluding hydrogens is 356 g/mol. The zero-order valence-corrected chi connectivity index (χ0v) is 14.9. The third-order valence-electron chi connectivity index (χ3n) is 4.50. The standard InChI is InChI=1S/C18H21F2N5O2/c1-24-10-8-21-16(17(24)26)25-9-4-5-12(11-25)22-18(27)23-14-7-3-2-6-13(14)15(19)20/h2-3,6-8,10,12,15H,4-5,9,11H2,1H3,(H2,22,23,27). The smallest absolute Gasteiger partial charge is 0.319 e. The number of piperidine rings is 1. The summed E-state index contributed by atoms with van der Waals surface area (Å²) in [5.74, 6) is 0.343.